The molecule has 3 heterocycles. The molecule has 1 aliphatic rings. The highest BCUT2D eigenvalue weighted by Crippen LogP contribution is 2.23. The summed E-state index contributed by atoms with van der Waals surface area (Å²) in [5.74, 6) is 2.04. The minimum Gasteiger partial charge on any atom is -0.441 e. The molecule has 0 bridgehead atoms. The minimum atomic E-state index is -0.0715. The highest BCUT2D eigenvalue weighted by Gasteiger charge is 2.17. The molecule has 1 aromatic carbocycles. The molecule has 0 unspecified atom stereocenters. The molecule has 2 aromatic heterocycles. The first-order chi connectivity index (χ1) is 14.5. The van der Waals surface area contributed by atoms with Gasteiger partial charge in [0, 0.05) is 30.3 Å². The number of nitrogens with one attached hydrogen (secondary N) is 1. The third-order valence-corrected chi connectivity index (χ3v) is 6.32. The zero-order valence-corrected chi connectivity index (χ0v) is 18.4. The van der Waals surface area contributed by atoms with Crippen molar-refractivity contribution in [3.05, 3.63) is 53.0 Å². The van der Waals surface area contributed by atoms with Gasteiger partial charge >= 0.3 is 0 Å². The van der Waals surface area contributed by atoms with Crippen molar-refractivity contribution < 1.29 is 9.21 Å². The van der Waals surface area contributed by atoms with Crippen LogP contribution in [0, 0.1) is 12.8 Å². The van der Waals surface area contributed by atoms with Gasteiger partial charge in [-0.2, -0.15) is 0 Å². The van der Waals surface area contributed by atoms with E-state index in [-0.39, 0.29) is 5.91 Å². The van der Waals surface area contributed by atoms with Gasteiger partial charge < -0.3 is 9.73 Å². The van der Waals surface area contributed by atoms with Crippen LogP contribution in [0.4, 0.5) is 5.13 Å². The fourth-order valence-corrected chi connectivity index (χ4v) is 4.28. The second-order valence-corrected chi connectivity index (χ2v) is 8.99. The third kappa shape index (κ3) is 5.55. The smallest absolute Gasteiger partial charge is 0.226 e. The summed E-state index contributed by atoms with van der Waals surface area (Å²) in [4.78, 5) is 23.6. The first-order valence-electron chi connectivity index (χ1n) is 10.5. The molecule has 0 saturated carbocycles. The van der Waals surface area contributed by atoms with Crippen LogP contribution >= 0.6 is 11.3 Å². The number of carbonyl (C=O) groups is 1. The lowest BCUT2D eigenvalue weighted by Gasteiger charge is -2.29. The number of benzene rings is 1. The molecular weight excluding hydrogens is 396 g/mol. The van der Waals surface area contributed by atoms with Crippen molar-refractivity contribution in [2.24, 2.45) is 5.92 Å². The number of rotatable bonds is 7. The molecule has 0 aliphatic carbocycles. The van der Waals surface area contributed by atoms with E-state index >= 15 is 0 Å². The van der Waals surface area contributed by atoms with Gasteiger partial charge in [0.15, 0.2) is 16.8 Å². The van der Waals surface area contributed by atoms with Gasteiger partial charge in [0.25, 0.3) is 0 Å². The number of amides is 1. The summed E-state index contributed by atoms with van der Waals surface area (Å²) in [5, 5.41) is 5.60. The number of aryl methyl sites for hydroxylation is 2. The fourth-order valence-electron chi connectivity index (χ4n) is 3.57. The minimum absolute atomic E-state index is 0.0715. The Morgan fingerprint density at radius 1 is 1.27 bits per heavy atom. The molecule has 30 heavy (non-hydrogen) atoms. The van der Waals surface area contributed by atoms with E-state index in [2.05, 4.69) is 27.1 Å². The number of anilines is 1. The Hall–Kier alpha value is -2.51. The van der Waals surface area contributed by atoms with Crippen molar-refractivity contribution in [3.63, 3.8) is 0 Å². The van der Waals surface area contributed by atoms with Gasteiger partial charge in [-0.1, -0.05) is 36.8 Å². The highest BCUT2D eigenvalue weighted by atomic mass is 32.1. The van der Waals surface area contributed by atoms with E-state index < -0.39 is 0 Å². The maximum atomic E-state index is 12.3. The van der Waals surface area contributed by atoms with Crippen molar-refractivity contribution in [2.45, 2.75) is 46.1 Å². The Kier molecular flexibility index (Phi) is 6.59. The summed E-state index contributed by atoms with van der Waals surface area (Å²) in [6.07, 6.45) is 4.99. The first kappa shape index (κ1) is 20.8. The molecule has 1 N–H and O–H groups in total. The van der Waals surface area contributed by atoms with Crippen LogP contribution in [0.1, 0.15) is 43.3 Å². The molecule has 0 atom stereocenters. The van der Waals surface area contributed by atoms with E-state index in [9.17, 15) is 4.79 Å². The van der Waals surface area contributed by atoms with Crippen LogP contribution in [0.5, 0.6) is 0 Å². The van der Waals surface area contributed by atoms with E-state index in [0.717, 1.165) is 42.6 Å². The second-order valence-electron chi connectivity index (χ2n) is 8.14. The normalized spacial score (nSPS) is 15.4. The molecule has 1 aliphatic heterocycles. The number of likely N-dealkylation sites (tertiary alicyclic amines) is 1. The lowest BCUT2D eigenvalue weighted by molar-refractivity contribution is -0.116. The zero-order chi connectivity index (χ0) is 20.9. The summed E-state index contributed by atoms with van der Waals surface area (Å²) in [7, 11) is 0. The first-order valence-corrected chi connectivity index (χ1v) is 11.4. The number of oxazole rings is 1. The standard InChI is InChI=1S/C23H28N4O2S/c1-16-3-5-18(6-4-16)20-13-24-22(29-20)8-7-21(28)26-23-25-19(15-30-23)14-27-11-9-17(2)10-12-27/h3-6,13,15,17H,7-12,14H2,1-2H3,(H,25,26,28). The van der Waals surface area contributed by atoms with Crippen molar-refractivity contribution >= 4 is 22.4 Å². The average molecular weight is 425 g/mol. The highest BCUT2D eigenvalue weighted by molar-refractivity contribution is 7.13. The van der Waals surface area contributed by atoms with E-state index in [1.54, 1.807) is 6.20 Å². The lowest BCUT2D eigenvalue weighted by atomic mass is 9.99. The zero-order valence-electron chi connectivity index (χ0n) is 17.6. The van der Waals surface area contributed by atoms with Crippen LogP contribution in [0.3, 0.4) is 0 Å². The Balaban J connectivity index is 1.24. The third-order valence-electron chi connectivity index (χ3n) is 5.52. The van der Waals surface area contributed by atoms with Gasteiger partial charge in [-0.05, 0) is 38.8 Å². The van der Waals surface area contributed by atoms with Crippen LogP contribution < -0.4 is 5.32 Å². The Labute approximate surface area is 181 Å². The topological polar surface area (TPSA) is 71.3 Å². The van der Waals surface area contributed by atoms with Gasteiger partial charge in [0.1, 0.15) is 0 Å². The molecule has 158 valence electrons. The van der Waals surface area contributed by atoms with Crippen molar-refractivity contribution in [1.82, 2.24) is 14.9 Å². The van der Waals surface area contributed by atoms with E-state index in [0.29, 0.717) is 23.9 Å². The van der Waals surface area contributed by atoms with Crippen LogP contribution in [0.2, 0.25) is 0 Å². The number of hydrogen-bond acceptors (Lipinski definition) is 6. The Bertz CT molecular complexity index is 971. The van der Waals surface area contributed by atoms with E-state index in [4.69, 9.17) is 4.42 Å². The van der Waals surface area contributed by atoms with Crippen molar-refractivity contribution in [1.29, 1.82) is 0 Å². The molecule has 1 fully saturated rings. The maximum absolute atomic E-state index is 12.3. The van der Waals surface area contributed by atoms with Crippen LogP contribution in [-0.4, -0.2) is 33.9 Å². The summed E-state index contributed by atoms with van der Waals surface area (Å²) in [5.41, 5.74) is 3.22. The summed E-state index contributed by atoms with van der Waals surface area (Å²) in [6, 6.07) is 8.10. The number of nitrogens with zero attached hydrogens (tertiary/aromatic N) is 3. The van der Waals surface area contributed by atoms with E-state index in [1.807, 2.05) is 36.6 Å². The number of piperidine rings is 1. The van der Waals surface area contributed by atoms with Gasteiger partial charge in [-0.15, -0.1) is 11.3 Å². The molecule has 1 amide bonds. The molecule has 6 nitrogen and oxygen atoms in total. The predicted molar refractivity (Wildman–Crippen MR) is 119 cm³/mol. The van der Waals surface area contributed by atoms with Crippen LogP contribution in [0.15, 0.2) is 40.3 Å². The fraction of sp³-hybridized carbons (Fsp3) is 0.435. The number of aromatic nitrogens is 2. The predicted octanol–water partition coefficient (Wildman–Crippen LogP) is 4.91. The SMILES string of the molecule is Cc1ccc(-c2cnc(CCC(=O)Nc3nc(CN4CCC(C)CC4)cs3)o2)cc1. The van der Waals surface area contributed by atoms with Gasteiger partial charge in [0.2, 0.25) is 5.91 Å². The van der Waals surface area contributed by atoms with Gasteiger partial charge in [-0.25, -0.2) is 9.97 Å². The van der Waals surface area contributed by atoms with Gasteiger partial charge in [0.05, 0.1) is 11.9 Å². The van der Waals surface area contributed by atoms with Crippen molar-refractivity contribution in [3.8, 4) is 11.3 Å². The molecular formula is C23H28N4O2S. The number of carbonyl (C=O) groups excluding carboxylic acids is 1. The molecule has 0 spiro atoms. The van der Waals surface area contributed by atoms with Crippen LogP contribution in [-0.2, 0) is 17.8 Å². The molecule has 1 saturated heterocycles. The number of hydrogen-bond donors (Lipinski definition) is 1. The largest absolute Gasteiger partial charge is 0.441 e. The van der Waals surface area contributed by atoms with Crippen molar-refractivity contribution in [2.75, 3.05) is 18.4 Å². The lowest BCUT2D eigenvalue weighted by Crippen LogP contribution is -2.32. The molecule has 0 radical (unpaired) electrons. The Morgan fingerprint density at radius 3 is 2.80 bits per heavy atom. The van der Waals surface area contributed by atoms with E-state index in [1.165, 1.54) is 29.7 Å². The van der Waals surface area contributed by atoms with Crippen LogP contribution in [0.25, 0.3) is 11.3 Å². The maximum Gasteiger partial charge on any atom is 0.226 e. The summed E-state index contributed by atoms with van der Waals surface area (Å²) < 4.78 is 5.80. The summed E-state index contributed by atoms with van der Waals surface area (Å²) in [6.45, 7) is 7.47. The quantitative estimate of drug-likeness (QED) is 0.583. The number of thiazole rings is 1. The monoisotopic (exact) mass is 424 g/mol. The molecule has 3 aromatic rings. The molecule has 7 heteroatoms. The summed E-state index contributed by atoms with van der Waals surface area (Å²) >= 11 is 1.48. The Morgan fingerprint density at radius 2 is 2.03 bits per heavy atom. The van der Waals surface area contributed by atoms with Gasteiger partial charge in [-0.3, -0.25) is 9.69 Å². The average Bonchev–Trinajstić information content (AvgIpc) is 3.38. The molecule has 4 rings (SSSR count). The second kappa shape index (κ2) is 9.53.